The number of aliphatic imine (C=N–C) groups is 1. The van der Waals surface area contributed by atoms with Gasteiger partial charge >= 0.3 is 0 Å². The van der Waals surface area contributed by atoms with Crippen molar-refractivity contribution in [3.05, 3.63) is 0 Å². The van der Waals surface area contributed by atoms with Gasteiger partial charge in [0.05, 0.1) is 0 Å². The van der Waals surface area contributed by atoms with Gasteiger partial charge in [-0.05, 0) is 32.2 Å². The molecule has 0 aliphatic carbocycles. The van der Waals surface area contributed by atoms with Crippen molar-refractivity contribution < 1.29 is 5.11 Å². The van der Waals surface area contributed by atoms with Crippen LogP contribution in [0.25, 0.3) is 0 Å². The van der Waals surface area contributed by atoms with Crippen LogP contribution in [0.15, 0.2) is 10.1 Å². The van der Waals surface area contributed by atoms with Crippen molar-refractivity contribution in [2.24, 2.45) is 10.1 Å². The highest BCUT2D eigenvalue weighted by molar-refractivity contribution is 6.65. The number of rotatable bonds is 2. The first-order valence-corrected chi connectivity index (χ1v) is 3.03. The van der Waals surface area contributed by atoms with Crippen LogP contribution in [-0.2, 0) is 0 Å². The number of aliphatic hydroxyl groups is 1. The van der Waals surface area contributed by atoms with Gasteiger partial charge in [0.1, 0.15) is 5.72 Å². The molecule has 0 fully saturated rings. The van der Waals surface area contributed by atoms with E-state index in [0.29, 0.717) is 0 Å². The Morgan fingerprint density at radius 2 is 2.20 bits per heavy atom. The molecule has 0 rings (SSSR count). The molecule has 4 nitrogen and oxygen atoms in total. The maximum Gasteiger partial charge on any atom is 0.239 e. The summed E-state index contributed by atoms with van der Waals surface area (Å²) in [5, 5.41) is 12.5. The van der Waals surface area contributed by atoms with E-state index in [9.17, 15) is 0 Å². The van der Waals surface area contributed by atoms with Gasteiger partial charge in [-0.25, -0.2) is 4.99 Å². The summed E-state index contributed by atoms with van der Waals surface area (Å²) in [7, 11) is 0. The molecule has 0 spiro atoms. The highest BCUT2D eigenvalue weighted by Gasteiger charge is 2.08. The number of nitrogens with one attached hydrogen (secondary N) is 1. The molecule has 0 atom stereocenters. The van der Waals surface area contributed by atoms with Gasteiger partial charge < -0.3 is 5.11 Å². The molecule has 0 saturated heterocycles. The summed E-state index contributed by atoms with van der Waals surface area (Å²) in [5.74, 6) is 0. The van der Waals surface area contributed by atoms with Crippen molar-refractivity contribution in [3.63, 3.8) is 0 Å². The van der Waals surface area contributed by atoms with Crippen molar-refractivity contribution >= 4 is 23.6 Å². The summed E-state index contributed by atoms with van der Waals surface area (Å²) < 4.78 is 0. The van der Waals surface area contributed by atoms with Crippen LogP contribution < -0.4 is 5.43 Å². The summed E-state index contributed by atoms with van der Waals surface area (Å²) in [6.45, 7) is 6.19. The molecule has 0 aromatic heterocycles. The molecule has 0 bridgehead atoms. The third-order valence-electron chi connectivity index (χ3n) is 0.552. The second-order valence-corrected chi connectivity index (χ2v) is 2.55. The van der Waals surface area contributed by atoms with E-state index in [-0.39, 0.29) is 5.29 Å². The van der Waals surface area contributed by atoms with Crippen molar-refractivity contribution in [1.29, 1.82) is 0 Å². The molecule has 0 aliphatic heterocycles. The Kier molecular flexibility index (Phi) is 3.32. The maximum absolute atomic E-state index is 9.02. The van der Waals surface area contributed by atoms with Crippen LogP contribution >= 0.6 is 11.6 Å². The van der Waals surface area contributed by atoms with Crippen LogP contribution in [0, 0.1) is 0 Å². The molecule has 5 heteroatoms. The normalized spacial score (nSPS) is 13.0. The molecular weight excluding hydrogens is 154 g/mol. The quantitative estimate of drug-likeness (QED) is 0.205. The molecular formula is C5H10ClN3O. The van der Waals surface area contributed by atoms with Gasteiger partial charge in [-0.3, -0.25) is 5.43 Å². The summed E-state index contributed by atoms with van der Waals surface area (Å²) >= 11 is 5.32. The summed E-state index contributed by atoms with van der Waals surface area (Å²) in [5.41, 5.74) is 1.27. The fourth-order valence-corrected chi connectivity index (χ4v) is 0.261. The number of hydrazone groups is 1. The Labute approximate surface area is 64.6 Å². The molecule has 0 heterocycles. The monoisotopic (exact) mass is 163 g/mol. The van der Waals surface area contributed by atoms with Crippen LogP contribution in [0.1, 0.15) is 13.8 Å². The lowest BCUT2D eigenvalue weighted by Gasteiger charge is -2.15. The first-order valence-electron chi connectivity index (χ1n) is 2.65. The Balaban J connectivity index is 3.84. The second kappa shape index (κ2) is 3.53. The predicted molar refractivity (Wildman–Crippen MR) is 42.3 cm³/mol. The second-order valence-electron chi connectivity index (χ2n) is 2.21. The number of halogens is 1. The Hall–Kier alpha value is -0.610. The lowest BCUT2D eigenvalue weighted by Crippen LogP contribution is -2.35. The van der Waals surface area contributed by atoms with E-state index in [1.807, 2.05) is 0 Å². The molecule has 0 radical (unpaired) electrons. The molecule has 58 valence electrons. The lowest BCUT2D eigenvalue weighted by atomic mass is 10.3. The Morgan fingerprint density at radius 3 is 2.50 bits per heavy atom. The molecule has 10 heavy (non-hydrogen) atoms. The van der Waals surface area contributed by atoms with E-state index in [4.69, 9.17) is 16.7 Å². The number of hydrogen-bond donors (Lipinski definition) is 2. The minimum atomic E-state index is -1.08. The van der Waals surface area contributed by atoms with Crippen LogP contribution in [-0.4, -0.2) is 22.8 Å². The van der Waals surface area contributed by atoms with Crippen LogP contribution in [0.3, 0.4) is 0 Å². The third-order valence-corrected chi connectivity index (χ3v) is 0.756. The lowest BCUT2D eigenvalue weighted by molar-refractivity contribution is 0.0450. The fourth-order valence-electron chi connectivity index (χ4n) is 0.218. The van der Waals surface area contributed by atoms with E-state index >= 15 is 0 Å². The van der Waals surface area contributed by atoms with Gasteiger partial charge in [-0.2, -0.15) is 0 Å². The molecule has 0 amide bonds. The van der Waals surface area contributed by atoms with Gasteiger partial charge in [0.25, 0.3) is 0 Å². The summed E-state index contributed by atoms with van der Waals surface area (Å²) in [6, 6.07) is 0. The first-order chi connectivity index (χ1) is 4.45. The zero-order chi connectivity index (χ0) is 8.20. The molecule has 0 aliphatic rings. The Morgan fingerprint density at radius 1 is 1.70 bits per heavy atom. The van der Waals surface area contributed by atoms with Crippen molar-refractivity contribution in [2.45, 2.75) is 19.6 Å². The smallest absolute Gasteiger partial charge is 0.239 e. The highest BCUT2D eigenvalue weighted by atomic mass is 35.5. The third kappa shape index (κ3) is 5.53. The van der Waals surface area contributed by atoms with Crippen molar-refractivity contribution in [3.8, 4) is 0 Å². The molecule has 0 aromatic carbocycles. The minimum Gasteiger partial charge on any atom is -0.370 e. The van der Waals surface area contributed by atoms with Crippen LogP contribution in [0.2, 0.25) is 0 Å². The van der Waals surface area contributed by atoms with Gasteiger partial charge in [0, 0.05) is 0 Å². The predicted octanol–water partition coefficient (Wildman–Crippen LogP) is 0.515. The largest absolute Gasteiger partial charge is 0.370 e. The van der Waals surface area contributed by atoms with Gasteiger partial charge in [-0.15, -0.1) is 5.10 Å². The maximum atomic E-state index is 9.02. The average Bonchev–Trinajstić information content (AvgIpc) is 1.81. The van der Waals surface area contributed by atoms with Crippen LogP contribution in [0.5, 0.6) is 0 Å². The minimum absolute atomic E-state index is 0.0258. The van der Waals surface area contributed by atoms with E-state index in [1.54, 1.807) is 0 Å². The SMILES string of the molecule is C=N/C(Cl)=N\NC(C)(C)O. The van der Waals surface area contributed by atoms with Crippen LogP contribution in [0.4, 0.5) is 0 Å². The summed E-state index contributed by atoms with van der Waals surface area (Å²) in [4.78, 5) is 3.28. The average molecular weight is 164 g/mol. The molecule has 0 unspecified atom stereocenters. The summed E-state index contributed by atoms with van der Waals surface area (Å²) in [6.07, 6.45) is 0. The fraction of sp³-hybridized carbons (Fsp3) is 0.600. The molecule has 0 saturated carbocycles. The number of nitrogens with zero attached hydrogens (tertiary/aromatic N) is 2. The van der Waals surface area contributed by atoms with E-state index < -0.39 is 5.72 Å². The van der Waals surface area contributed by atoms with E-state index in [0.717, 1.165) is 0 Å². The topological polar surface area (TPSA) is 57.0 Å². The van der Waals surface area contributed by atoms with Crippen molar-refractivity contribution in [2.75, 3.05) is 0 Å². The molecule has 2 N–H and O–H groups in total. The zero-order valence-electron chi connectivity index (χ0n) is 5.93. The van der Waals surface area contributed by atoms with Gasteiger partial charge in [0.15, 0.2) is 0 Å². The number of hydrogen-bond acceptors (Lipinski definition) is 3. The van der Waals surface area contributed by atoms with E-state index in [1.165, 1.54) is 13.8 Å². The Bertz CT molecular complexity index is 149. The number of amidine groups is 1. The van der Waals surface area contributed by atoms with Crippen molar-refractivity contribution in [1.82, 2.24) is 5.43 Å². The molecule has 0 aromatic rings. The van der Waals surface area contributed by atoms with Gasteiger partial charge in [0.2, 0.25) is 5.29 Å². The standard InChI is InChI=1S/C5H10ClN3O/c1-5(2,10)9-8-4(6)7-3/h9-10H,3H2,1-2H3/b8-4-. The van der Waals surface area contributed by atoms with Gasteiger partial charge in [-0.1, -0.05) is 0 Å². The first kappa shape index (κ1) is 9.39. The van der Waals surface area contributed by atoms with E-state index in [2.05, 4.69) is 22.2 Å². The zero-order valence-corrected chi connectivity index (χ0v) is 6.68. The highest BCUT2D eigenvalue weighted by Crippen LogP contribution is 1.94.